The van der Waals surface area contributed by atoms with Crippen molar-refractivity contribution >= 4 is 0 Å². The molecule has 3 rings (SSSR count). The maximum Gasteiger partial charge on any atom is 0.157 e. The van der Waals surface area contributed by atoms with E-state index >= 15 is 0 Å². The third-order valence-electron chi connectivity index (χ3n) is 4.38. The van der Waals surface area contributed by atoms with Crippen LogP contribution in [0.15, 0.2) is 12.4 Å². The minimum absolute atomic E-state index is 0.433. The number of rotatable bonds is 3. The highest BCUT2D eigenvalue weighted by Gasteiger charge is 2.18. The summed E-state index contributed by atoms with van der Waals surface area (Å²) in [5, 5.41) is 4.50. The molecule has 0 aromatic carbocycles. The lowest BCUT2D eigenvalue weighted by Crippen LogP contribution is -2.19. The van der Waals surface area contributed by atoms with E-state index in [1.54, 1.807) is 0 Å². The molecule has 18 heavy (non-hydrogen) atoms. The summed E-state index contributed by atoms with van der Waals surface area (Å²) in [6, 6.07) is 0.613. The van der Waals surface area contributed by atoms with Gasteiger partial charge in [-0.1, -0.05) is 25.7 Å². The van der Waals surface area contributed by atoms with Gasteiger partial charge in [0.1, 0.15) is 0 Å². The first-order chi connectivity index (χ1) is 8.92. The Morgan fingerprint density at radius 2 is 1.61 bits per heavy atom. The van der Waals surface area contributed by atoms with Crippen LogP contribution in [0, 0.1) is 0 Å². The fourth-order valence-electron chi connectivity index (χ4n) is 3.30. The molecule has 0 aliphatic heterocycles. The first kappa shape index (κ1) is 12.1. The average molecular weight is 248 g/mol. The minimum atomic E-state index is 0.433. The number of hydrogen-bond donors (Lipinski definition) is 0. The van der Waals surface area contributed by atoms with Crippen LogP contribution in [-0.2, 0) is 0 Å². The van der Waals surface area contributed by atoms with Crippen molar-refractivity contribution in [1.82, 2.24) is 9.78 Å². The molecule has 3 heteroatoms. The zero-order valence-electron chi connectivity index (χ0n) is 11.2. The Kier molecular flexibility index (Phi) is 3.87. The van der Waals surface area contributed by atoms with Crippen molar-refractivity contribution in [3.8, 4) is 5.75 Å². The zero-order chi connectivity index (χ0) is 12.2. The summed E-state index contributed by atoms with van der Waals surface area (Å²) >= 11 is 0. The van der Waals surface area contributed by atoms with Crippen LogP contribution in [0.4, 0.5) is 0 Å². The Morgan fingerprint density at radius 3 is 2.33 bits per heavy atom. The van der Waals surface area contributed by atoms with Crippen LogP contribution < -0.4 is 4.74 Å². The molecule has 2 aliphatic rings. The fourth-order valence-corrected chi connectivity index (χ4v) is 3.30. The molecule has 1 aromatic rings. The molecule has 2 fully saturated rings. The van der Waals surface area contributed by atoms with E-state index in [9.17, 15) is 0 Å². The number of nitrogens with zero attached hydrogens (tertiary/aromatic N) is 2. The van der Waals surface area contributed by atoms with Gasteiger partial charge in [-0.25, -0.2) is 0 Å². The highest BCUT2D eigenvalue weighted by Crippen LogP contribution is 2.29. The normalized spacial score (nSPS) is 23.1. The van der Waals surface area contributed by atoms with Crippen LogP contribution in [-0.4, -0.2) is 15.9 Å². The molecule has 1 aromatic heterocycles. The van der Waals surface area contributed by atoms with Gasteiger partial charge in [0.25, 0.3) is 0 Å². The monoisotopic (exact) mass is 248 g/mol. The van der Waals surface area contributed by atoms with Gasteiger partial charge < -0.3 is 4.74 Å². The SMILES string of the molecule is c1nn(C2CCCCC2)cc1OC1CCCCC1. The van der Waals surface area contributed by atoms with Gasteiger partial charge in [-0.2, -0.15) is 5.10 Å². The molecule has 0 spiro atoms. The molecular formula is C15H24N2O. The standard InChI is InChI=1S/C15H24N2O/c1-3-7-13(8-4-1)17-12-15(11-16-17)18-14-9-5-2-6-10-14/h11-14H,1-10H2. The van der Waals surface area contributed by atoms with Crippen molar-refractivity contribution in [2.75, 3.05) is 0 Å². The van der Waals surface area contributed by atoms with Crippen molar-refractivity contribution in [3.05, 3.63) is 12.4 Å². The lowest BCUT2D eigenvalue weighted by atomic mass is 9.96. The first-order valence-electron chi connectivity index (χ1n) is 7.62. The summed E-state index contributed by atoms with van der Waals surface area (Å²) < 4.78 is 8.18. The molecule has 0 N–H and O–H groups in total. The van der Waals surface area contributed by atoms with E-state index in [-0.39, 0.29) is 0 Å². The van der Waals surface area contributed by atoms with Crippen LogP contribution >= 0.6 is 0 Å². The van der Waals surface area contributed by atoms with Gasteiger partial charge in [-0.05, 0) is 38.5 Å². The second-order valence-corrected chi connectivity index (χ2v) is 5.83. The molecule has 100 valence electrons. The average Bonchev–Trinajstić information content (AvgIpc) is 2.89. The van der Waals surface area contributed by atoms with Crippen molar-refractivity contribution < 1.29 is 4.74 Å². The predicted octanol–water partition coefficient (Wildman–Crippen LogP) is 4.10. The molecule has 0 radical (unpaired) electrons. The molecule has 0 saturated heterocycles. The van der Waals surface area contributed by atoms with Crippen LogP contribution in [0.1, 0.15) is 70.3 Å². The largest absolute Gasteiger partial charge is 0.487 e. The van der Waals surface area contributed by atoms with E-state index in [0.717, 1.165) is 5.75 Å². The molecule has 0 atom stereocenters. The Balaban J connectivity index is 1.58. The molecule has 0 unspecified atom stereocenters. The molecule has 1 heterocycles. The Morgan fingerprint density at radius 1 is 0.944 bits per heavy atom. The molecule has 2 saturated carbocycles. The highest BCUT2D eigenvalue weighted by atomic mass is 16.5. The maximum absolute atomic E-state index is 6.04. The Bertz CT molecular complexity index is 362. The van der Waals surface area contributed by atoms with Gasteiger partial charge in [0.2, 0.25) is 0 Å². The molecular weight excluding hydrogens is 224 g/mol. The predicted molar refractivity (Wildman–Crippen MR) is 71.9 cm³/mol. The van der Waals surface area contributed by atoms with Crippen LogP contribution in [0.3, 0.4) is 0 Å². The highest BCUT2D eigenvalue weighted by molar-refractivity contribution is 5.13. The summed E-state index contributed by atoms with van der Waals surface area (Å²) in [6.45, 7) is 0. The molecule has 0 bridgehead atoms. The minimum Gasteiger partial charge on any atom is -0.487 e. The molecule has 2 aliphatic carbocycles. The third-order valence-corrected chi connectivity index (χ3v) is 4.38. The van der Waals surface area contributed by atoms with E-state index in [0.29, 0.717) is 12.1 Å². The fraction of sp³-hybridized carbons (Fsp3) is 0.800. The van der Waals surface area contributed by atoms with Gasteiger partial charge in [-0.15, -0.1) is 0 Å². The van der Waals surface area contributed by atoms with E-state index in [2.05, 4.69) is 16.0 Å². The first-order valence-corrected chi connectivity index (χ1v) is 7.62. The topological polar surface area (TPSA) is 27.1 Å². The van der Waals surface area contributed by atoms with Gasteiger partial charge in [0.15, 0.2) is 5.75 Å². The van der Waals surface area contributed by atoms with Crippen LogP contribution in [0.5, 0.6) is 5.75 Å². The Hall–Kier alpha value is -0.990. The lowest BCUT2D eigenvalue weighted by molar-refractivity contribution is 0.154. The summed E-state index contributed by atoms with van der Waals surface area (Å²) in [5.74, 6) is 0.979. The zero-order valence-corrected chi connectivity index (χ0v) is 11.2. The van der Waals surface area contributed by atoms with E-state index in [1.807, 2.05) is 6.20 Å². The van der Waals surface area contributed by atoms with E-state index in [4.69, 9.17) is 4.74 Å². The van der Waals surface area contributed by atoms with E-state index in [1.165, 1.54) is 64.2 Å². The number of ether oxygens (including phenoxy) is 1. The molecule has 3 nitrogen and oxygen atoms in total. The van der Waals surface area contributed by atoms with Gasteiger partial charge >= 0.3 is 0 Å². The number of hydrogen-bond acceptors (Lipinski definition) is 2. The summed E-state index contributed by atoms with van der Waals surface area (Å²) in [6.07, 6.45) is 17.6. The number of aromatic nitrogens is 2. The maximum atomic E-state index is 6.04. The van der Waals surface area contributed by atoms with Crippen molar-refractivity contribution in [2.45, 2.75) is 76.4 Å². The summed E-state index contributed by atoms with van der Waals surface area (Å²) in [7, 11) is 0. The quantitative estimate of drug-likeness (QED) is 0.805. The van der Waals surface area contributed by atoms with Crippen LogP contribution in [0.25, 0.3) is 0 Å². The van der Waals surface area contributed by atoms with Gasteiger partial charge in [0.05, 0.1) is 24.5 Å². The van der Waals surface area contributed by atoms with Crippen LogP contribution in [0.2, 0.25) is 0 Å². The van der Waals surface area contributed by atoms with E-state index < -0.39 is 0 Å². The van der Waals surface area contributed by atoms with Crippen molar-refractivity contribution in [3.63, 3.8) is 0 Å². The summed E-state index contributed by atoms with van der Waals surface area (Å²) in [4.78, 5) is 0. The van der Waals surface area contributed by atoms with Crippen molar-refractivity contribution in [1.29, 1.82) is 0 Å². The third kappa shape index (κ3) is 2.88. The lowest BCUT2D eigenvalue weighted by Gasteiger charge is -2.23. The summed E-state index contributed by atoms with van der Waals surface area (Å²) in [5.41, 5.74) is 0. The van der Waals surface area contributed by atoms with Crippen molar-refractivity contribution in [2.24, 2.45) is 0 Å². The molecule has 0 amide bonds. The smallest absolute Gasteiger partial charge is 0.157 e. The second-order valence-electron chi connectivity index (χ2n) is 5.83. The van der Waals surface area contributed by atoms with Gasteiger partial charge in [0, 0.05) is 0 Å². The second kappa shape index (κ2) is 5.77. The Labute approximate surface area is 110 Å². The van der Waals surface area contributed by atoms with Gasteiger partial charge in [-0.3, -0.25) is 4.68 Å².